The van der Waals surface area contributed by atoms with Gasteiger partial charge in [-0.2, -0.15) is 5.10 Å². The highest BCUT2D eigenvalue weighted by Gasteiger charge is 2.29. The van der Waals surface area contributed by atoms with E-state index >= 15 is 0 Å². The van der Waals surface area contributed by atoms with Gasteiger partial charge in [-0.3, -0.25) is 19.5 Å². The number of ether oxygens (including phenoxy) is 1. The van der Waals surface area contributed by atoms with Gasteiger partial charge in [-0.25, -0.2) is 0 Å². The van der Waals surface area contributed by atoms with Crippen LogP contribution >= 0.6 is 0 Å². The molecule has 0 radical (unpaired) electrons. The number of hydrogen-bond acceptors (Lipinski definition) is 5. The molecule has 1 aliphatic heterocycles. The number of nitrogens with zero attached hydrogens (tertiary/aromatic N) is 2. The Morgan fingerprint density at radius 3 is 2.72 bits per heavy atom. The van der Waals surface area contributed by atoms with E-state index in [-0.39, 0.29) is 24.7 Å². The van der Waals surface area contributed by atoms with Gasteiger partial charge in [0, 0.05) is 31.2 Å². The van der Waals surface area contributed by atoms with Gasteiger partial charge in [-0.15, -0.1) is 0 Å². The first-order valence-corrected chi connectivity index (χ1v) is 8.16. The number of hydrogen-bond donors (Lipinski definition) is 2. The second kappa shape index (κ2) is 7.43. The molecule has 0 spiro atoms. The number of aromatic amines is 1. The minimum atomic E-state index is -0.995. The summed E-state index contributed by atoms with van der Waals surface area (Å²) in [5.41, 5.74) is -0.116. The molecule has 8 heteroatoms. The van der Waals surface area contributed by atoms with Gasteiger partial charge in [0.2, 0.25) is 5.43 Å². The van der Waals surface area contributed by atoms with Crippen molar-refractivity contribution in [2.24, 2.45) is 0 Å². The van der Waals surface area contributed by atoms with Crippen LogP contribution in [0.25, 0.3) is 10.9 Å². The third kappa shape index (κ3) is 3.69. The van der Waals surface area contributed by atoms with Gasteiger partial charge in [-0.05, 0) is 25.0 Å². The summed E-state index contributed by atoms with van der Waals surface area (Å²) < 4.78 is 5.30. The van der Waals surface area contributed by atoms with E-state index in [0.29, 0.717) is 37.0 Å². The maximum atomic E-state index is 12.9. The van der Waals surface area contributed by atoms with E-state index in [1.54, 1.807) is 24.3 Å². The Labute approximate surface area is 143 Å². The van der Waals surface area contributed by atoms with Gasteiger partial charge < -0.3 is 14.7 Å². The van der Waals surface area contributed by atoms with Crippen LogP contribution in [0.1, 0.15) is 29.8 Å². The van der Waals surface area contributed by atoms with Crippen LogP contribution in [0.15, 0.2) is 29.1 Å². The van der Waals surface area contributed by atoms with E-state index in [1.165, 1.54) is 4.90 Å². The SMILES string of the molecule is O=C(O)CCN(C(=O)c1n[nH]c2ccccc2c1=O)C1CCOCC1. The molecular formula is C17H19N3O5. The summed E-state index contributed by atoms with van der Waals surface area (Å²) in [7, 11) is 0. The summed E-state index contributed by atoms with van der Waals surface area (Å²) in [6.07, 6.45) is 1.03. The molecule has 3 rings (SSSR count). The predicted molar refractivity (Wildman–Crippen MR) is 89.5 cm³/mol. The van der Waals surface area contributed by atoms with Gasteiger partial charge in [0.25, 0.3) is 5.91 Å². The van der Waals surface area contributed by atoms with Crippen molar-refractivity contribution in [2.45, 2.75) is 25.3 Å². The molecule has 0 atom stereocenters. The molecular weight excluding hydrogens is 326 g/mol. The zero-order chi connectivity index (χ0) is 17.8. The van der Waals surface area contributed by atoms with Gasteiger partial charge >= 0.3 is 5.97 Å². The molecule has 8 nitrogen and oxygen atoms in total. The van der Waals surface area contributed by atoms with Gasteiger partial charge in [0.15, 0.2) is 5.69 Å². The van der Waals surface area contributed by atoms with E-state index in [9.17, 15) is 14.4 Å². The molecule has 1 aromatic carbocycles. The fourth-order valence-electron chi connectivity index (χ4n) is 3.02. The Balaban J connectivity index is 1.94. The lowest BCUT2D eigenvalue weighted by Gasteiger charge is -2.33. The Bertz CT molecular complexity index is 842. The number of aliphatic carboxylic acids is 1. The van der Waals surface area contributed by atoms with Gasteiger partial charge in [0.1, 0.15) is 0 Å². The number of aromatic nitrogens is 2. The fraction of sp³-hybridized carbons (Fsp3) is 0.412. The van der Waals surface area contributed by atoms with Gasteiger partial charge in [0.05, 0.1) is 11.9 Å². The van der Waals surface area contributed by atoms with Crippen molar-refractivity contribution in [1.29, 1.82) is 0 Å². The van der Waals surface area contributed by atoms with Crippen LogP contribution in [0.2, 0.25) is 0 Å². The quantitative estimate of drug-likeness (QED) is 0.836. The number of carbonyl (C=O) groups excluding carboxylic acids is 1. The van der Waals surface area contributed by atoms with Crippen molar-refractivity contribution in [3.8, 4) is 0 Å². The van der Waals surface area contributed by atoms with E-state index in [0.717, 1.165) is 0 Å². The number of para-hydroxylation sites is 1. The first kappa shape index (κ1) is 17.1. The topological polar surface area (TPSA) is 113 Å². The summed E-state index contributed by atoms with van der Waals surface area (Å²) in [5.74, 6) is -1.54. The summed E-state index contributed by atoms with van der Waals surface area (Å²) >= 11 is 0. The maximum Gasteiger partial charge on any atom is 0.305 e. The van der Waals surface area contributed by atoms with Crippen LogP contribution in [0.3, 0.4) is 0 Å². The number of rotatable bonds is 5. The third-order valence-corrected chi connectivity index (χ3v) is 4.34. The molecule has 1 saturated heterocycles. The molecule has 0 aliphatic carbocycles. The molecule has 2 N–H and O–H groups in total. The van der Waals surface area contributed by atoms with E-state index in [2.05, 4.69) is 10.2 Å². The van der Waals surface area contributed by atoms with Crippen molar-refractivity contribution in [3.63, 3.8) is 0 Å². The summed E-state index contributed by atoms with van der Waals surface area (Å²) in [4.78, 5) is 37.9. The van der Waals surface area contributed by atoms with E-state index in [4.69, 9.17) is 9.84 Å². The summed E-state index contributed by atoms with van der Waals surface area (Å²) in [6, 6.07) is 6.66. The number of fused-ring (bicyclic) bond motifs is 1. The lowest BCUT2D eigenvalue weighted by molar-refractivity contribution is -0.137. The molecule has 0 unspecified atom stereocenters. The first-order chi connectivity index (χ1) is 12.1. The number of carboxylic acid groups (broad SMARTS) is 1. The minimum absolute atomic E-state index is 0.0345. The molecule has 1 amide bonds. The number of nitrogens with one attached hydrogen (secondary N) is 1. The van der Waals surface area contributed by atoms with Crippen LogP contribution in [0.4, 0.5) is 0 Å². The number of carbonyl (C=O) groups is 2. The van der Waals surface area contributed by atoms with Crippen molar-refractivity contribution >= 4 is 22.8 Å². The Morgan fingerprint density at radius 2 is 2.00 bits per heavy atom. The third-order valence-electron chi connectivity index (χ3n) is 4.34. The summed E-state index contributed by atoms with van der Waals surface area (Å²) in [5, 5.41) is 16.0. The van der Waals surface area contributed by atoms with Crippen LogP contribution in [-0.2, 0) is 9.53 Å². The Kier molecular flexibility index (Phi) is 5.08. The fourth-order valence-corrected chi connectivity index (χ4v) is 3.02. The Morgan fingerprint density at radius 1 is 1.28 bits per heavy atom. The monoisotopic (exact) mass is 345 g/mol. The predicted octanol–water partition coefficient (Wildman–Crippen LogP) is 1.02. The lowest BCUT2D eigenvalue weighted by Crippen LogP contribution is -2.46. The molecule has 0 saturated carbocycles. The standard InChI is InChI=1S/C17H19N3O5/c21-14(22)5-8-20(11-6-9-25-10-7-11)17(24)15-16(23)12-3-1-2-4-13(12)18-19-15/h1-4,11H,5-10H2,(H,18,23)(H,21,22). The highest BCUT2D eigenvalue weighted by molar-refractivity contribution is 5.95. The molecule has 2 heterocycles. The second-order valence-corrected chi connectivity index (χ2v) is 5.93. The number of benzene rings is 1. The van der Waals surface area contributed by atoms with Crippen molar-refractivity contribution < 1.29 is 19.4 Å². The smallest absolute Gasteiger partial charge is 0.305 e. The zero-order valence-corrected chi connectivity index (χ0v) is 13.6. The molecule has 1 fully saturated rings. The van der Waals surface area contributed by atoms with Crippen LogP contribution in [0, 0.1) is 0 Å². The lowest BCUT2D eigenvalue weighted by atomic mass is 10.1. The average molecular weight is 345 g/mol. The number of amides is 1. The van der Waals surface area contributed by atoms with Crippen molar-refractivity contribution in [2.75, 3.05) is 19.8 Å². The van der Waals surface area contributed by atoms with Crippen LogP contribution in [-0.4, -0.2) is 57.9 Å². The maximum absolute atomic E-state index is 12.9. The summed E-state index contributed by atoms with van der Waals surface area (Å²) in [6.45, 7) is 1.04. The van der Waals surface area contributed by atoms with Gasteiger partial charge in [-0.1, -0.05) is 12.1 Å². The zero-order valence-electron chi connectivity index (χ0n) is 13.6. The van der Waals surface area contributed by atoms with E-state index in [1.807, 2.05) is 0 Å². The number of carboxylic acids is 1. The molecule has 25 heavy (non-hydrogen) atoms. The van der Waals surface area contributed by atoms with Crippen molar-refractivity contribution in [3.05, 3.63) is 40.2 Å². The molecule has 132 valence electrons. The highest BCUT2D eigenvalue weighted by Crippen LogP contribution is 2.17. The molecule has 1 aromatic heterocycles. The first-order valence-electron chi connectivity index (χ1n) is 8.16. The van der Waals surface area contributed by atoms with Crippen molar-refractivity contribution in [1.82, 2.24) is 15.1 Å². The van der Waals surface area contributed by atoms with E-state index < -0.39 is 17.3 Å². The largest absolute Gasteiger partial charge is 0.481 e. The number of H-pyrrole nitrogens is 1. The minimum Gasteiger partial charge on any atom is -0.481 e. The Hall–Kier alpha value is -2.74. The normalized spacial score (nSPS) is 15.2. The highest BCUT2D eigenvalue weighted by atomic mass is 16.5. The molecule has 1 aliphatic rings. The van der Waals surface area contributed by atoms with Crippen LogP contribution in [0.5, 0.6) is 0 Å². The average Bonchev–Trinajstić information content (AvgIpc) is 2.63. The molecule has 2 aromatic rings. The molecule has 0 bridgehead atoms. The van der Waals surface area contributed by atoms with Crippen LogP contribution < -0.4 is 5.43 Å². The second-order valence-electron chi connectivity index (χ2n) is 5.93.